The predicted molar refractivity (Wildman–Crippen MR) is 151 cm³/mol. The fraction of sp³-hybridized carbons (Fsp3) is 0.759. The molecule has 2 fully saturated rings. The van der Waals surface area contributed by atoms with E-state index in [9.17, 15) is 4.79 Å². The van der Waals surface area contributed by atoms with Crippen LogP contribution in [-0.4, -0.2) is 49.6 Å². The Kier molecular flexibility index (Phi) is 11.5. The Morgan fingerprint density at radius 3 is 2.34 bits per heavy atom. The molecule has 2 aliphatic rings. The standard InChI is InChI=1S/C29H47Cl2N3O/c1-29(2,3)17-7-5-4-6-11-27(35)32-24-14-12-23(13-15-24)16-18-33-19-21-34(22-20-33)26-10-8-9-25(30)28(26)31/h8-10,23-24H,4-7,11-22H2,1-3H3,(H,32,35). The first-order valence-electron chi connectivity index (χ1n) is 13.9. The maximum atomic E-state index is 12.3. The number of nitrogens with one attached hydrogen (secondary N) is 1. The summed E-state index contributed by atoms with van der Waals surface area (Å²) in [4.78, 5) is 17.3. The molecule has 3 rings (SSSR count). The molecule has 6 heteroatoms. The third-order valence-electron chi connectivity index (χ3n) is 7.79. The normalized spacial score (nSPS) is 21.8. The molecule has 1 N–H and O–H groups in total. The van der Waals surface area contributed by atoms with Crippen LogP contribution in [-0.2, 0) is 4.79 Å². The lowest BCUT2D eigenvalue weighted by Crippen LogP contribution is -2.47. The Morgan fingerprint density at radius 2 is 1.66 bits per heavy atom. The SMILES string of the molecule is CC(C)(C)CCCCCCC(=O)NC1CCC(CCN2CCN(c3cccc(Cl)c3Cl)CC2)CC1. The Bertz CT molecular complexity index is 779. The highest BCUT2D eigenvalue weighted by Crippen LogP contribution is 2.33. The number of carbonyl (C=O) groups is 1. The molecular weight excluding hydrogens is 477 g/mol. The van der Waals surface area contributed by atoms with Crippen molar-refractivity contribution in [1.82, 2.24) is 10.2 Å². The first-order valence-corrected chi connectivity index (χ1v) is 14.7. The minimum Gasteiger partial charge on any atom is -0.368 e. The second kappa shape index (κ2) is 14.1. The molecule has 1 heterocycles. The number of amides is 1. The molecule has 1 aliphatic heterocycles. The molecule has 0 aromatic heterocycles. The van der Waals surface area contributed by atoms with Gasteiger partial charge in [0.2, 0.25) is 5.91 Å². The van der Waals surface area contributed by atoms with E-state index in [1.54, 1.807) is 0 Å². The van der Waals surface area contributed by atoms with Crippen molar-refractivity contribution in [3.8, 4) is 0 Å². The number of unbranched alkanes of at least 4 members (excludes halogenated alkanes) is 3. The Balaban J connectivity index is 1.23. The molecule has 0 atom stereocenters. The average molecular weight is 525 g/mol. The van der Waals surface area contributed by atoms with Gasteiger partial charge >= 0.3 is 0 Å². The van der Waals surface area contributed by atoms with Gasteiger partial charge in [0.1, 0.15) is 0 Å². The summed E-state index contributed by atoms with van der Waals surface area (Å²) in [6.07, 6.45) is 12.8. The van der Waals surface area contributed by atoms with Crippen LogP contribution in [0.2, 0.25) is 10.0 Å². The van der Waals surface area contributed by atoms with Crippen molar-refractivity contribution in [1.29, 1.82) is 0 Å². The monoisotopic (exact) mass is 523 g/mol. The molecule has 1 amide bonds. The molecule has 1 saturated heterocycles. The smallest absolute Gasteiger partial charge is 0.220 e. The quantitative estimate of drug-likeness (QED) is 0.303. The van der Waals surface area contributed by atoms with Gasteiger partial charge in [-0.25, -0.2) is 0 Å². The molecule has 1 aliphatic carbocycles. The van der Waals surface area contributed by atoms with Gasteiger partial charge in [-0.05, 0) is 75.0 Å². The molecule has 198 valence electrons. The van der Waals surface area contributed by atoms with E-state index in [4.69, 9.17) is 23.2 Å². The number of halogens is 2. The van der Waals surface area contributed by atoms with Crippen molar-refractivity contribution < 1.29 is 4.79 Å². The molecule has 0 spiro atoms. The summed E-state index contributed by atoms with van der Waals surface area (Å²) in [5.41, 5.74) is 1.48. The van der Waals surface area contributed by atoms with Crippen molar-refractivity contribution in [2.45, 2.75) is 97.4 Å². The molecule has 0 bridgehead atoms. The highest BCUT2D eigenvalue weighted by molar-refractivity contribution is 6.43. The summed E-state index contributed by atoms with van der Waals surface area (Å²) in [7, 11) is 0. The van der Waals surface area contributed by atoms with E-state index in [-0.39, 0.29) is 5.91 Å². The van der Waals surface area contributed by atoms with Gasteiger partial charge in [-0.2, -0.15) is 0 Å². The highest BCUT2D eigenvalue weighted by atomic mass is 35.5. The highest BCUT2D eigenvalue weighted by Gasteiger charge is 2.24. The molecule has 4 nitrogen and oxygen atoms in total. The number of hydrogen-bond donors (Lipinski definition) is 1. The summed E-state index contributed by atoms with van der Waals surface area (Å²) in [6, 6.07) is 6.28. The second-order valence-electron chi connectivity index (χ2n) is 12.0. The first kappa shape index (κ1) is 28.6. The average Bonchev–Trinajstić information content (AvgIpc) is 2.82. The van der Waals surface area contributed by atoms with Crippen LogP contribution in [0.1, 0.15) is 91.4 Å². The van der Waals surface area contributed by atoms with Crippen LogP contribution in [0.3, 0.4) is 0 Å². The minimum atomic E-state index is 0.266. The molecule has 35 heavy (non-hydrogen) atoms. The van der Waals surface area contributed by atoms with Gasteiger partial charge in [0, 0.05) is 38.6 Å². The number of hydrogen-bond acceptors (Lipinski definition) is 3. The van der Waals surface area contributed by atoms with E-state index in [0.717, 1.165) is 57.0 Å². The van der Waals surface area contributed by atoms with E-state index < -0.39 is 0 Å². The van der Waals surface area contributed by atoms with Gasteiger partial charge in [-0.1, -0.05) is 69.3 Å². The van der Waals surface area contributed by atoms with E-state index in [2.05, 4.69) is 42.0 Å². The van der Waals surface area contributed by atoms with E-state index in [1.165, 1.54) is 51.5 Å². The van der Waals surface area contributed by atoms with Gasteiger partial charge in [-0.15, -0.1) is 0 Å². The van der Waals surface area contributed by atoms with Gasteiger partial charge in [0.05, 0.1) is 15.7 Å². The summed E-state index contributed by atoms with van der Waals surface area (Å²) in [6.45, 7) is 12.2. The number of rotatable bonds is 11. The Hall–Kier alpha value is -0.970. The topological polar surface area (TPSA) is 35.6 Å². The Labute approximate surface area is 224 Å². The lowest BCUT2D eigenvalue weighted by atomic mass is 9.84. The fourth-order valence-corrected chi connectivity index (χ4v) is 5.92. The number of piperazine rings is 1. The van der Waals surface area contributed by atoms with Crippen LogP contribution >= 0.6 is 23.2 Å². The summed E-state index contributed by atoms with van der Waals surface area (Å²) in [5, 5.41) is 4.61. The first-order chi connectivity index (χ1) is 16.7. The van der Waals surface area contributed by atoms with Gasteiger partial charge in [-0.3, -0.25) is 9.69 Å². The fourth-order valence-electron chi connectivity index (χ4n) is 5.50. The minimum absolute atomic E-state index is 0.266. The molecule has 1 aromatic carbocycles. The number of nitrogens with zero attached hydrogens (tertiary/aromatic N) is 2. The third kappa shape index (κ3) is 10.1. The zero-order chi connectivity index (χ0) is 25.3. The number of benzene rings is 1. The maximum absolute atomic E-state index is 12.3. The predicted octanol–water partition coefficient (Wildman–Crippen LogP) is 7.57. The second-order valence-corrected chi connectivity index (χ2v) is 12.7. The van der Waals surface area contributed by atoms with E-state index in [1.807, 2.05) is 12.1 Å². The van der Waals surface area contributed by atoms with Crippen molar-refractivity contribution >= 4 is 34.8 Å². The van der Waals surface area contributed by atoms with Gasteiger partial charge < -0.3 is 10.2 Å². The lowest BCUT2D eigenvalue weighted by Gasteiger charge is -2.37. The van der Waals surface area contributed by atoms with E-state index >= 15 is 0 Å². The maximum Gasteiger partial charge on any atom is 0.220 e. The lowest BCUT2D eigenvalue weighted by molar-refractivity contribution is -0.122. The summed E-state index contributed by atoms with van der Waals surface area (Å²) < 4.78 is 0. The molecule has 0 unspecified atom stereocenters. The zero-order valence-electron chi connectivity index (χ0n) is 22.3. The van der Waals surface area contributed by atoms with E-state index in [0.29, 0.717) is 27.9 Å². The molecule has 0 radical (unpaired) electrons. The van der Waals surface area contributed by atoms with Crippen molar-refractivity contribution in [2.24, 2.45) is 11.3 Å². The molecule has 1 saturated carbocycles. The summed E-state index contributed by atoms with van der Waals surface area (Å²) >= 11 is 12.6. The Morgan fingerprint density at radius 1 is 0.971 bits per heavy atom. The van der Waals surface area contributed by atoms with Crippen LogP contribution < -0.4 is 10.2 Å². The zero-order valence-corrected chi connectivity index (χ0v) is 23.8. The number of anilines is 1. The molecule has 1 aromatic rings. The van der Waals surface area contributed by atoms with Crippen LogP contribution in [0, 0.1) is 11.3 Å². The number of carbonyl (C=O) groups excluding carboxylic acids is 1. The van der Waals surface area contributed by atoms with Crippen molar-refractivity contribution in [3.05, 3.63) is 28.2 Å². The van der Waals surface area contributed by atoms with Crippen molar-refractivity contribution in [3.63, 3.8) is 0 Å². The summed E-state index contributed by atoms with van der Waals surface area (Å²) in [5.74, 6) is 1.06. The van der Waals surface area contributed by atoms with Gasteiger partial charge in [0.25, 0.3) is 0 Å². The van der Waals surface area contributed by atoms with Crippen LogP contribution in [0.15, 0.2) is 18.2 Å². The largest absolute Gasteiger partial charge is 0.368 e. The van der Waals surface area contributed by atoms with Crippen LogP contribution in [0.5, 0.6) is 0 Å². The van der Waals surface area contributed by atoms with Crippen molar-refractivity contribution in [2.75, 3.05) is 37.6 Å². The van der Waals surface area contributed by atoms with Crippen LogP contribution in [0.25, 0.3) is 0 Å². The third-order valence-corrected chi connectivity index (χ3v) is 8.60. The van der Waals surface area contributed by atoms with Crippen LogP contribution in [0.4, 0.5) is 5.69 Å². The van der Waals surface area contributed by atoms with Gasteiger partial charge in [0.15, 0.2) is 0 Å². The molecular formula is C29H47Cl2N3O.